The van der Waals surface area contributed by atoms with Crippen molar-refractivity contribution in [2.24, 2.45) is 5.92 Å². The summed E-state index contributed by atoms with van der Waals surface area (Å²) in [6, 6.07) is 11.9. The van der Waals surface area contributed by atoms with Crippen molar-refractivity contribution in [2.45, 2.75) is 39.2 Å². The Kier molecular flexibility index (Phi) is 5.83. The monoisotopic (exact) mass is 332 g/mol. The van der Waals surface area contributed by atoms with Crippen LogP contribution in [0.3, 0.4) is 0 Å². The summed E-state index contributed by atoms with van der Waals surface area (Å²) >= 11 is 1.68. The normalized spacial score (nSPS) is 12.7. The fourth-order valence-corrected chi connectivity index (χ4v) is 3.13. The van der Waals surface area contributed by atoms with Crippen LogP contribution < -0.4 is 4.74 Å². The number of esters is 1. The molecule has 0 amide bonds. The van der Waals surface area contributed by atoms with Crippen LogP contribution in [0.15, 0.2) is 41.8 Å². The summed E-state index contributed by atoms with van der Waals surface area (Å²) in [7, 11) is 1.65. The fraction of sp³-hybridized carbons (Fsp3) is 0.421. The number of carbonyl (C=O) groups excluding carboxylic acids is 1. The third-order valence-electron chi connectivity index (χ3n) is 3.41. The second-order valence-electron chi connectivity index (χ2n) is 6.57. The first-order valence-corrected chi connectivity index (χ1v) is 8.63. The highest BCUT2D eigenvalue weighted by molar-refractivity contribution is 7.09. The van der Waals surface area contributed by atoms with E-state index in [-0.39, 0.29) is 11.9 Å². The van der Waals surface area contributed by atoms with Gasteiger partial charge in [-0.3, -0.25) is 4.79 Å². The minimum Gasteiger partial charge on any atom is -0.497 e. The maximum atomic E-state index is 12.6. The molecule has 0 saturated carbocycles. The number of carbonyl (C=O) groups is 1. The molecule has 0 aliphatic heterocycles. The van der Waals surface area contributed by atoms with Crippen molar-refractivity contribution in [3.63, 3.8) is 0 Å². The van der Waals surface area contributed by atoms with E-state index in [1.165, 1.54) is 4.88 Å². The van der Waals surface area contributed by atoms with Gasteiger partial charge in [-0.1, -0.05) is 18.2 Å². The van der Waals surface area contributed by atoms with E-state index in [0.717, 1.165) is 11.3 Å². The molecule has 0 N–H and O–H groups in total. The average molecular weight is 332 g/mol. The summed E-state index contributed by atoms with van der Waals surface area (Å²) < 4.78 is 10.8. The second-order valence-corrected chi connectivity index (χ2v) is 7.60. The van der Waals surface area contributed by atoms with Gasteiger partial charge in [0.15, 0.2) is 0 Å². The van der Waals surface area contributed by atoms with Crippen LogP contribution in [-0.2, 0) is 22.4 Å². The van der Waals surface area contributed by atoms with Crippen LogP contribution in [0.25, 0.3) is 0 Å². The number of benzene rings is 1. The quantitative estimate of drug-likeness (QED) is 0.731. The highest BCUT2D eigenvalue weighted by atomic mass is 32.1. The predicted molar refractivity (Wildman–Crippen MR) is 94.1 cm³/mol. The van der Waals surface area contributed by atoms with Crippen molar-refractivity contribution in [1.29, 1.82) is 0 Å². The van der Waals surface area contributed by atoms with E-state index >= 15 is 0 Å². The molecular weight excluding hydrogens is 308 g/mol. The molecule has 0 radical (unpaired) electrons. The van der Waals surface area contributed by atoms with E-state index in [9.17, 15) is 4.79 Å². The molecule has 124 valence electrons. The van der Waals surface area contributed by atoms with Gasteiger partial charge in [0, 0.05) is 4.88 Å². The van der Waals surface area contributed by atoms with E-state index < -0.39 is 5.60 Å². The molecule has 0 aliphatic carbocycles. The highest BCUT2D eigenvalue weighted by Gasteiger charge is 2.26. The minimum absolute atomic E-state index is 0.137. The van der Waals surface area contributed by atoms with Gasteiger partial charge < -0.3 is 9.47 Å². The number of hydrogen-bond acceptors (Lipinski definition) is 4. The number of rotatable bonds is 6. The summed E-state index contributed by atoms with van der Waals surface area (Å²) in [5.74, 6) is 0.504. The van der Waals surface area contributed by atoms with Crippen LogP contribution >= 0.6 is 11.3 Å². The second kappa shape index (κ2) is 7.64. The highest BCUT2D eigenvalue weighted by Crippen LogP contribution is 2.23. The van der Waals surface area contributed by atoms with Crippen LogP contribution in [-0.4, -0.2) is 18.7 Å². The topological polar surface area (TPSA) is 35.5 Å². The van der Waals surface area contributed by atoms with E-state index in [4.69, 9.17) is 9.47 Å². The Hall–Kier alpha value is -1.81. The minimum atomic E-state index is -0.468. The van der Waals surface area contributed by atoms with Gasteiger partial charge in [0.05, 0.1) is 13.0 Å². The SMILES string of the molecule is COc1ccc(C[C@@H](Cc2cccs2)C(=O)OC(C)(C)C)cc1. The molecule has 3 nitrogen and oxygen atoms in total. The zero-order valence-electron chi connectivity index (χ0n) is 14.2. The lowest BCUT2D eigenvalue weighted by Crippen LogP contribution is -2.30. The van der Waals surface area contributed by atoms with E-state index in [2.05, 4.69) is 6.07 Å². The Bertz CT molecular complexity index is 609. The summed E-state index contributed by atoms with van der Waals surface area (Å²) in [4.78, 5) is 13.8. The summed E-state index contributed by atoms with van der Waals surface area (Å²) in [6.07, 6.45) is 1.37. The average Bonchev–Trinajstić information content (AvgIpc) is 2.98. The number of ether oxygens (including phenoxy) is 2. The van der Waals surface area contributed by atoms with Gasteiger partial charge in [0.25, 0.3) is 0 Å². The molecule has 23 heavy (non-hydrogen) atoms. The molecule has 0 spiro atoms. The smallest absolute Gasteiger partial charge is 0.310 e. The molecule has 2 rings (SSSR count). The molecule has 0 unspecified atom stereocenters. The van der Waals surface area contributed by atoms with Crippen molar-refractivity contribution in [3.8, 4) is 5.75 Å². The zero-order chi connectivity index (χ0) is 16.9. The van der Waals surface area contributed by atoms with Gasteiger partial charge >= 0.3 is 5.97 Å². The van der Waals surface area contributed by atoms with Crippen molar-refractivity contribution in [1.82, 2.24) is 0 Å². The Morgan fingerprint density at radius 2 is 1.83 bits per heavy atom. The lowest BCUT2D eigenvalue weighted by molar-refractivity contribution is -0.159. The molecule has 0 aliphatic rings. The Labute approximate surface area is 142 Å². The first kappa shape index (κ1) is 17.5. The van der Waals surface area contributed by atoms with Crippen molar-refractivity contribution < 1.29 is 14.3 Å². The lowest BCUT2D eigenvalue weighted by atomic mass is 9.95. The van der Waals surface area contributed by atoms with E-state index in [1.807, 2.05) is 56.5 Å². The number of methoxy groups -OCH3 is 1. The van der Waals surface area contributed by atoms with Crippen LogP contribution in [0.4, 0.5) is 0 Å². The summed E-state index contributed by atoms with van der Waals surface area (Å²) in [5.41, 5.74) is 0.642. The third-order valence-corrected chi connectivity index (χ3v) is 4.31. The van der Waals surface area contributed by atoms with Gasteiger partial charge in [0.1, 0.15) is 11.4 Å². The van der Waals surface area contributed by atoms with Crippen LogP contribution in [0.1, 0.15) is 31.2 Å². The number of thiophene rings is 1. The first-order chi connectivity index (χ1) is 10.9. The van der Waals surface area contributed by atoms with Gasteiger partial charge in [-0.2, -0.15) is 0 Å². The van der Waals surface area contributed by atoms with Crippen LogP contribution in [0.2, 0.25) is 0 Å². The largest absolute Gasteiger partial charge is 0.497 e. The Morgan fingerprint density at radius 3 is 2.35 bits per heavy atom. The van der Waals surface area contributed by atoms with Crippen LogP contribution in [0.5, 0.6) is 5.75 Å². The molecule has 4 heteroatoms. The van der Waals surface area contributed by atoms with E-state index in [1.54, 1.807) is 18.4 Å². The lowest BCUT2D eigenvalue weighted by Gasteiger charge is -2.24. The van der Waals surface area contributed by atoms with Crippen molar-refractivity contribution in [2.75, 3.05) is 7.11 Å². The van der Waals surface area contributed by atoms with Gasteiger partial charge in [-0.25, -0.2) is 0 Å². The molecule has 1 heterocycles. The zero-order valence-corrected chi connectivity index (χ0v) is 15.0. The maximum Gasteiger partial charge on any atom is 0.310 e. The predicted octanol–water partition coefficient (Wildman–Crippen LogP) is 4.50. The van der Waals surface area contributed by atoms with Gasteiger partial charge in [-0.15, -0.1) is 11.3 Å². The molecule has 0 fully saturated rings. The van der Waals surface area contributed by atoms with Gasteiger partial charge in [-0.05, 0) is 62.8 Å². The Balaban J connectivity index is 2.12. The Morgan fingerprint density at radius 1 is 1.13 bits per heavy atom. The molecule has 2 aromatic rings. The molecule has 1 aromatic heterocycles. The molecule has 0 saturated heterocycles. The van der Waals surface area contributed by atoms with E-state index in [0.29, 0.717) is 12.8 Å². The van der Waals surface area contributed by atoms with Crippen molar-refractivity contribution >= 4 is 17.3 Å². The first-order valence-electron chi connectivity index (χ1n) is 7.75. The maximum absolute atomic E-state index is 12.6. The summed E-state index contributed by atoms with van der Waals surface area (Å²) in [5, 5.41) is 2.04. The third kappa shape index (κ3) is 5.71. The van der Waals surface area contributed by atoms with Crippen molar-refractivity contribution in [3.05, 3.63) is 52.2 Å². The fourth-order valence-electron chi connectivity index (χ4n) is 2.34. The van der Waals surface area contributed by atoms with Gasteiger partial charge in [0.2, 0.25) is 0 Å². The van der Waals surface area contributed by atoms with Crippen LogP contribution in [0, 0.1) is 5.92 Å². The molecule has 1 atom stereocenters. The standard InChI is InChI=1S/C19H24O3S/c1-19(2,3)22-18(20)15(13-17-6-5-11-23-17)12-14-7-9-16(21-4)10-8-14/h5-11,15H,12-13H2,1-4H3/t15-/m0/s1. The molecule has 1 aromatic carbocycles. The molecule has 0 bridgehead atoms. The number of hydrogen-bond donors (Lipinski definition) is 0. The molecular formula is C19H24O3S. The summed E-state index contributed by atoms with van der Waals surface area (Å²) in [6.45, 7) is 5.71.